The largest absolute Gasteiger partial charge is 0.496 e. The summed E-state index contributed by atoms with van der Waals surface area (Å²) in [6.45, 7) is 5.92. The number of nitrogens with zero attached hydrogens (tertiary/aromatic N) is 4. The number of rotatable bonds is 5. The van der Waals surface area contributed by atoms with E-state index in [2.05, 4.69) is 17.1 Å². The van der Waals surface area contributed by atoms with Crippen molar-refractivity contribution < 1.29 is 14.3 Å². The van der Waals surface area contributed by atoms with Gasteiger partial charge in [-0.25, -0.2) is 0 Å². The molecule has 2 amide bonds. The van der Waals surface area contributed by atoms with Crippen LogP contribution in [0.1, 0.15) is 41.3 Å². The highest BCUT2D eigenvalue weighted by atomic mass is 32.1. The highest BCUT2D eigenvalue weighted by molar-refractivity contribution is 7.14. The molecule has 2 saturated heterocycles. The normalized spacial score (nSPS) is 18.8. The van der Waals surface area contributed by atoms with Gasteiger partial charge in [-0.05, 0) is 62.1 Å². The van der Waals surface area contributed by atoms with E-state index in [9.17, 15) is 9.59 Å². The van der Waals surface area contributed by atoms with Gasteiger partial charge in [0.2, 0.25) is 11.8 Å². The number of hydrogen-bond donors (Lipinski definition) is 0. The number of ether oxygens (including phenoxy) is 1. The maximum atomic E-state index is 13.3. The maximum absolute atomic E-state index is 13.3. The number of hydrogen-bond acceptors (Lipinski definition) is 6. The Balaban J connectivity index is 1.20. The van der Waals surface area contributed by atoms with Gasteiger partial charge in [0.05, 0.1) is 18.6 Å². The molecule has 2 aliphatic rings. The van der Waals surface area contributed by atoms with E-state index in [-0.39, 0.29) is 30.1 Å². The number of aryl methyl sites for hydroxylation is 2. The fraction of sp³-hybridized carbons (Fsp3) is 0.407. The van der Waals surface area contributed by atoms with Crippen LogP contribution in [0.5, 0.6) is 5.75 Å². The Labute approximate surface area is 209 Å². The van der Waals surface area contributed by atoms with Crippen LogP contribution in [0.15, 0.2) is 42.5 Å². The number of likely N-dealkylation sites (tertiary alicyclic amines) is 1. The molecule has 0 spiro atoms. The number of benzene rings is 2. The lowest BCUT2D eigenvalue weighted by Gasteiger charge is -2.32. The van der Waals surface area contributed by atoms with Crippen LogP contribution in [-0.4, -0.2) is 53.7 Å². The second-order valence-corrected chi connectivity index (χ2v) is 10.4. The summed E-state index contributed by atoms with van der Waals surface area (Å²) in [4.78, 5) is 29.7. The molecule has 8 heteroatoms. The summed E-state index contributed by atoms with van der Waals surface area (Å²) in [5.74, 6) is 0.919. The van der Waals surface area contributed by atoms with Crippen LogP contribution in [0.2, 0.25) is 0 Å². The minimum Gasteiger partial charge on any atom is -0.496 e. The van der Waals surface area contributed by atoms with Crippen molar-refractivity contribution in [3.05, 3.63) is 58.6 Å². The molecule has 1 unspecified atom stereocenters. The highest BCUT2D eigenvalue weighted by Crippen LogP contribution is 2.37. The van der Waals surface area contributed by atoms with E-state index in [0.29, 0.717) is 19.6 Å². The Hall–Kier alpha value is -3.26. The van der Waals surface area contributed by atoms with E-state index in [0.717, 1.165) is 45.4 Å². The van der Waals surface area contributed by atoms with Gasteiger partial charge in [-0.15, -0.1) is 10.2 Å². The van der Waals surface area contributed by atoms with Crippen LogP contribution in [0, 0.1) is 19.8 Å². The average molecular weight is 491 g/mol. The molecular weight excluding hydrogens is 460 g/mol. The fourth-order valence-corrected chi connectivity index (χ4v) is 5.99. The van der Waals surface area contributed by atoms with Gasteiger partial charge in [0.15, 0.2) is 5.01 Å². The SMILES string of the molecule is COc1ccccc1-c1nnc(C2CCN(C(=O)C3CC(=O)N(c4ccc(C)c(C)c4)C3)CC2)s1. The molecule has 3 heterocycles. The number of para-hydroxylation sites is 1. The van der Waals surface area contributed by atoms with Gasteiger partial charge in [-0.1, -0.05) is 29.5 Å². The lowest BCUT2D eigenvalue weighted by molar-refractivity contribution is -0.136. The van der Waals surface area contributed by atoms with Gasteiger partial charge >= 0.3 is 0 Å². The number of aromatic nitrogens is 2. The Morgan fingerprint density at radius 3 is 2.57 bits per heavy atom. The first-order valence-corrected chi connectivity index (χ1v) is 12.9. The van der Waals surface area contributed by atoms with E-state index in [1.165, 1.54) is 5.56 Å². The third kappa shape index (κ3) is 4.67. The molecule has 0 bridgehead atoms. The molecule has 35 heavy (non-hydrogen) atoms. The summed E-state index contributed by atoms with van der Waals surface area (Å²) in [6, 6.07) is 13.9. The molecule has 5 rings (SSSR count). The molecule has 1 aromatic heterocycles. The van der Waals surface area contributed by atoms with Crippen molar-refractivity contribution in [1.29, 1.82) is 0 Å². The summed E-state index contributed by atoms with van der Waals surface area (Å²) in [7, 11) is 1.66. The van der Waals surface area contributed by atoms with Crippen molar-refractivity contribution in [1.82, 2.24) is 15.1 Å². The van der Waals surface area contributed by atoms with Gasteiger partial charge < -0.3 is 14.5 Å². The quantitative estimate of drug-likeness (QED) is 0.523. The average Bonchev–Trinajstić information content (AvgIpc) is 3.53. The topological polar surface area (TPSA) is 75.6 Å². The molecule has 2 fully saturated rings. The van der Waals surface area contributed by atoms with E-state index in [1.54, 1.807) is 23.3 Å². The zero-order valence-electron chi connectivity index (χ0n) is 20.4. The van der Waals surface area contributed by atoms with Gasteiger partial charge in [0.1, 0.15) is 10.8 Å². The predicted molar refractivity (Wildman–Crippen MR) is 137 cm³/mol. The van der Waals surface area contributed by atoms with Crippen LogP contribution < -0.4 is 9.64 Å². The molecular formula is C27H30N4O3S. The van der Waals surface area contributed by atoms with Gasteiger partial charge in [0.25, 0.3) is 0 Å². The lowest BCUT2D eigenvalue weighted by atomic mass is 9.96. The third-order valence-corrected chi connectivity index (χ3v) is 8.33. The van der Waals surface area contributed by atoms with Gasteiger partial charge in [-0.3, -0.25) is 9.59 Å². The van der Waals surface area contributed by atoms with Crippen molar-refractivity contribution in [2.24, 2.45) is 5.92 Å². The standard InChI is InChI=1S/C27H30N4O3S/c1-17-8-9-21(14-18(17)2)31-16-20(15-24(31)32)27(33)30-12-10-19(11-13-30)25-28-29-26(35-25)22-6-4-5-7-23(22)34-3/h4-9,14,19-20H,10-13,15-16H2,1-3H3. The van der Waals surface area contributed by atoms with Gasteiger partial charge in [-0.2, -0.15) is 0 Å². The smallest absolute Gasteiger partial charge is 0.228 e. The fourth-order valence-electron chi connectivity index (χ4n) is 4.95. The summed E-state index contributed by atoms with van der Waals surface area (Å²) < 4.78 is 5.47. The molecule has 2 aromatic carbocycles. The van der Waals surface area contributed by atoms with Gasteiger partial charge in [0, 0.05) is 37.7 Å². The van der Waals surface area contributed by atoms with Crippen molar-refractivity contribution in [3.63, 3.8) is 0 Å². The van der Waals surface area contributed by atoms with E-state index >= 15 is 0 Å². The summed E-state index contributed by atoms with van der Waals surface area (Å²) in [5.41, 5.74) is 4.18. The Bertz CT molecular complexity index is 1250. The number of anilines is 1. The van der Waals surface area contributed by atoms with Crippen molar-refractivity contribution in [3.8, 4) is 16.3 Å². The molecule has 182 valence electrons. The number of carbonyl (C=O) groups is 2. The first-order chi connectivity index (χ1) is 16.9. The van der Waals surface area contributed by atoms with Crippen LogP contribution in [-0.2, 0) is 9.59 Å². The van der Waals surface area contributed by atoms with Crippen LogP contribution in [0.3, 0.4) is 0 Å². The number of amides is 2. The molecule has 0 N–H and O–H groups in total. The second kappa shape index (κ2) is 9.77. The Morgan fingerprint density at radius 2 is 1.83 bits per heavy atom. The summed E-state index contributed by atoms with van der Waals surface area (Å²) in [5, 5.41) is 10.7. The first kappa shape index (κ1) is 23.5. The van der Waals surface area contributed by atoms with Crippen LogP contribution >= 0.6 is 11.3 Å². The molecule has 7 nitrogen and oxygen atoms in total. The highest BCUT2D eigenvalue weighted by Gasteiger charge is 2.38. The number of methoxy groups -OCH3 is 1. The number of carbonyl (C=O) groups excluding carboxylic acids is 2. The number of piperidine rings is 1. The lowest BCUT2D eigenvalue weighted by Crippen LogP contribution is -2.42. The zero-order valence-corrected chi connectivity index (χ0v) is 21.2. The monoisotopic (exact) mass is 490 g/mol. The van der Waals surface area contributed by atoms with Crippen molar-refractivity contribution in [2.75, 3.05) is 31.6 Å². The van der Waals surface area contributed by atoms with Crippen LogP contribution in [0.25, 0.3) is 10.6 Å². The zero-order chi connectivity index (χ0) is 24.5. The van der Waals surface area contributed by atoms with E-state index < -0.39 is 0 Å². The summed E-state index contributed by atoms with van der Waals surface area (Å²) in [6.07, 6.45) is 1.99. The first-order valence-electron chi connectivity index (χ1n) is 12.1. The Kier molecular flexibility index (Phi) is 6.56. The molecule has 0 radical (unpaired) electrons. The second-order valence-electron chi connectivity index (χ2n) is 9.42. The van der Waals surface area contributed by atoms with Crippen LogP contribution in [0.4, 0.5) is 5.69 Å². The van der Waals surface area contributed by atoms with Crippen molar-refractivity contribution in [2.45, 2.75) is 39.0 Å². The predicted octanol–water partition coefficient (Wildman–Crippen LogP) is 4.59. The van der Waals surface area contributed by atoms with E-state index in [1.807, 2.05) is 54.3 Å². The molecule has 0 aliphatic carbocycles. The minimum absolute atomic E-state index is 0.0271. The van der Waals surface area contributed by atoms with Crippen molar-refractivity contribution >= 4 is 28.8 Å². The Morgan fingerprint density at radius 1 is 1.06 bits per heavy atom. The maximum Gasteiger partial charge on any atom is 0.228 e. The molecule has 3 aromatic rings. The van der Waals surface area contributed by atoms with E-state index in [4.69, 9.17) is 4.74 Å². The minimum atomic E-state index is -0.278. The molecule has 0 saturated carbocycles. The molecule has 2 aliphatic heterocycles. The molecule has 1 atom stereocenters. The summed E-state index contributed by atoms with van der Waals surface area (Å²) >= 11 is 1.60. The third-order valence-electron chi connectivity index (χ3n) is 7.21.